The number of nitrogens with zero attached hydrogens (tertiary/aromatic N) is 1. The summed E-state index contributed by atoms with van der Waals surface area (Å²) in [5.41, 5.74) is 1.04. The van der Waals surface area contributed by atoms with Crippen LogP contribution < -0.4 is 5.32 Å². The Hall–Kier alpha value is -0.580. The first-order chi connectivity index (χ1) is 7.91. The third-order valence-corrected chi connectivity index (χ3v) is 3.43. The molecule has 0 aromatic heterocycles. The van der Waals surface area contributed by atoms with E-state index in [0.29, 0.717) is 11.6 Å². The highest BCUT2D eigenvalue weighted by molar-refractivity contribution is 9.10. The Morgan fingerprint density at radius 2 is 2.18 bits per heavy atom. The molecule has 0 spiro atoms. The van der Waals surface area contributed by atoms with Crippen LogP contribution in [0.15, 0.2) is 22.7 Å². The van der Waals surface area contributed by atoms with Crippen molar-refractivity contribution in [1.29, 1.82) is 0 Å². The summed E-state index contributed by atoms with van der Waals surface area (Å²) in [4.78, 5) is 13.2. The normalized spacial score (nSPS) is 12.3. The summed E-state index contributed by atoms with van der Waals surface area (Å²) in [5.74, 6) is 0.0585. The van der Waals surface area contributed by atoms with E-state index in [-0.39, 0.29) is 11.9 Å². The first-order valence-electron chi connectivity index (χ1n) is 5.30. The van der Waals surface area contributed by atoms with E-state index in [4.69, 9.17) is 11.6 Å². The molecule has 0 saturated carbocycles. The summed E-state index contributed by atoms with van der Waals surface area (Å²) in [7, 11) is 3.49. The molecule has 0 aliphatic rings. The molecule has 17 heavy (non-hydrogen) atoms. The van der Waals surface area contributed by atoms with Crippen molar-refractivity contribution in [3.63, 3.8) is 0 Å². The maximum Gasteiger partial charge on any atom is 0.238 e. The van der Waals surface area contributed by atoms with Crippen LogP contribution in [-0.4, -0.2) is 30.9 Å². The lowest BCUT2D eigenvalue weighted by Crippen LogP contribution is -2.41. The number of rotatable bonds is 4. The Balaban J connectivity index is 2.61. The van der Waals surface area contributed by atoms with E-state index in [1.165, 1.54) is 0 Å². The molecule has 0 saturated heterocycles. The number of carbonyl (C=O) groups excluding carboxylic acids is 1. The Labute approximate surface area is 115 Å². The summed E-state index contributed by atoms with van der Waals surface area (Å²) in [6.45, 7) is 2.45. The van der Waals surface area contributed by atoms with Crippen molar-refractivity contribution < 1.29 is 4.79 Å². The standard InChI is InChI=1S/C12H16BrClN2O/c1-8(12(17)16(2)3)15-7-9-6-10(14)4-5-11(9)13/h4-6,8,15H,7H2,1-3H3. The van der Waals surface area contributed by atoms with Gasteiger partial charge in [0, 0.05) is 30.1 Å². The van der Waals surface area contributed by atoms with Crippen molar-refractivity contribution in [3.05, 3.63) is 33.3 Å². The second-order valence-electron chi connectivity index (χ2n) is 4.07. The molecule has 1 aromatic carbocycles. The van der Waals surface area contributed by atoms with Crippen LogP contribution in [0.3, 0.4) is 0 Å². The fourth-order valence-electron chi connectivity index (χ4n) is 1.42. The molecule has 0 bridgehead atoms. The SMILES string of the molecule is CC(NCc1cc(Cl)ccc1Br)C(=O)N(C)C. The van der Waals surface area contributed by atoms with Crippen molar-refractivity contribution in [2.75, 3.05) is 14.1 Å². The van der Waals surface area contributed by atoms with Crippen LogP contribution in [0.5, 0.6) is 0 Å². The minimum atomic E-state index is -0.212. The maximum atomic E-state index is 11.6. The summed E-state index contributed by atoms with van der Waals surface area (Å²) in [6, 6.07) is 5.39. The van der Waals surface area contributed by atoms with Gasteiger partial charge in [-0.3, -0.25) is 4.79 Å². The second-order valence-corrected chi connectivity index (χ2v) is 5.36. The van der Waals surface area contributed by atoms with Crippen LogP contribution in [0.25, 0.3) is 0 Å². The minimum Gasteiger partial charge on any atom is -0.347 e. The van der Waals surface area contributed by atoms with E-state index >= 15 is 0 Å². The molecular weight excluding hydrogens is 304 g/mol. The number of halogens is 2. The number of likely N-dealkylation sites (N-methyl/N-ethyl adjacent to an activating group) is 1. The number of amides is 1. The predicted molar refractivity (Wildman–Crippen MR) is 74.1 cm³/mol. The van der Waals surface area contributed by atoms with Crippen LogP contribution in [0.4, 0.5) is 0 Å². The lowest BCUT2D eigenvalue weighted by atomic mass is 10.2. The van der Waals surface area contributed by atoms with Crippen LogP contribution >= 0.6 is 27.5 Å². The molecular formula is C12H16BrClN2O. The fourth-order valence-corrected chi connectivity index (χ4v) is 2.00. The Morgan fingerprint density at radius 3 is 2.76 bits per heavy atom. The number of hydrogen-bond donors (Lipinski definition) is 1. The average Bonchev–Trinajstić information content (AvgIpc) is 2.28. The van der Waals surface area contributed by atoms with Crippen LogP contribution in [-0.2, 0) is 11.3 Å². The monoisotopic (exact) mass is 318 g/mol. The summed E-state index contributed by atoms with van der Waals surface area (Å²) in [5, 5.41) is 3.86. The van der Waals surface area contributed by atoms with Crippen LogP contribution in [0, 0.1) is 0 Å². The molecule has 1 unspecified atom stereocenters. The molecule has 1 aromatic rings. The van der Waals surface area contributed by atoms with Crippen molar-refractivity contribution in [3.8, 4) is 0 Å². The van der Waals surface area contributed by atoms with Gasteiger partial charge in [-0.05, 0) is 30.7 Å². The number of nitrogens with one attached hydrogen (secondary N) is 1. The van der Waals surface area contributed by atoms with E-state index in [0.717, 1.165) is 10.0 Å². The highest BCUT2D eigenvalue weighted by Crippen LogP contribution is 2.21. The Morgan fingerprint density at radius 1 is 1.53 bits per heavy atom. The summed E-state index contributed by atoms with van der Waals surface area (Å²) in [6.07, 6.45) is 0. The Bertz CT molecular complexity index is 409. The van der Waals surface area contributed by atoms with Gasteiger partial charge in [-0.2, -0.15) is 0 Å². The van der Waals surface area contributed by atoms with Crippen molar-refractivity contribution >= 4 is 33.4 Å². The molecule has 3 nitrogen and oxygen atoms in total. The molecule has 1 atom stereocenters. The second kappa shape index (κ2) is 6.38. The highest BCUT2D eigenvalue weighted by atomic mass is 79.9. The first-order valence-corrected chi connectivity index (χ1v) is 6.47. The zero-order chi connectivity index (χ0) is 13.0. The largest absolute Gasteiger partial charge is 0.347 e. The molecule has 5 heteroatoms. The molecule has 1 N–H and O–H groups in total. The van der Waals surface area contributed by atoms with E-state index in [9.17, 15) is 4.79 Å². The van der Waals surface area contributed by atoms with Gasteiger partial charge < -0.3 is 10.2 Å². The fraction of sp³-hybridized carbons (Fsp3) is 0.417. The van der Waals surface area contributed by atoms with Gasteiger partial charge in [0.25, 0.3) is 0 Å². The number of hydrogen-bond acceptors (Lipinski definition) is 2. The van der Waals surface area contributed by atoms with Gasteiger partial charge in [-0.1, -0.05) is 27.5 Å². The molecule has 0 aliphatic carbocycles. The first kappa shape index (κ1) is 14.5. The lowest BCUT2D eigenvalue weighted by Gasteiger charge is -2.18. The quantitative estimate of drug-likeness (QED) is 0.925. The van der Waals surface area contributed by atoms with Gasteiger partial charge >= 0.3 is 0 Å². The van der Waals surface area contributed by atoms with E-state index < -0.39 is 0 Å². The smallest absolute Gasteiger partial charge is 0.238 e. The van der Waals surface area contributed by atoms with Crippen molar-refractivity contribution in [2.24, 2.45) is 0 Å². The van der Waals surface area contributed by atoms with Gasteiger partial charge in [0.1, 0.15) is 0 Å². The van der Waals surface area contributed by atoms with E-state index in [2.05, 4.69) is 21.2 Å². The van der Waals surface area contributed by atoms with Gasteiger partial charge in [0.05, 0.1) is 6.04 Å². The third-order valence-electron chi connectivity index (χ3n) is 2.42. The zero-order valence-electron chi connectivity index (χ0n) is 10.1. The van der Waals surface area contributed by atoms with E-state index in [1.54, 1.807) is 19.0 Å². The lowest BCUT2D eigenvalue weighted by molar-refractivity contribution is -0.130. The van der Waals surface area contributed by atoms with Crippen molar-refractivity contribution in [2.45, 2.75) is 19.5 Å². The third kappa shape index (κ3) is 4.30. The molecule has 0 radical (unpaired) electrons. The molecule has 1 amide bonds. The molecule has 94 valence electrons. The highest BCUT2D eigenvalue weighted by Gasteiger charge is 2.14. The van der Waals surface area contributed by atoms with Gasteiger partial charge in [-0.15, -0.1) is 0 Å². The predicted octanol–water partition coefficient (Wildman–Crippen LogP) is 2.67. The van der Waals surface area contributed by atoms with Crippen LogP contribution in [0.2, 0.25) is 5.02 Å². The number of benzene rings is 1. The summed E-state index contributed by atoms with van der Waals surface area (Å²) >= 11 is 9.37. The molecule has 0 aliphatic heterocycles. The minimum absolute atomic E-state index is 0.0585. The maximum absolute atomic E-state index is 11.6. The topological polar surface area (TPSA) is 32.3 Å². The summed E-state index contributed by atoms with van der Waals surface area (Å²) < 4.78 is 0.985. The molecule has 0 heterocycles. The molecule has 0 fully saturated rings. The van der Waals surface area contributed by atoms with Crippen LogP contribution in [0.1, 0.15) is 12.5 Å². The van der Waals surface area contributed by atoms with Gasteiger partial charge in [-0.25, -0.2) is 0 Å². The zero-order valence-corrected chi connectivity index (χ0v) is 12.5. The molecule has 1 rings (SSSR count). The average molecular weight is 320 g/mol. The van der Waals surface area contributed by atoms with E-state index in [1.807, 2.05) is 25.1 Å². The Kier molecular flexibility index (Phi) is 5.43. The van der Waals surface area contributed by atoms with Gasteiger partial charge in [0.2, 0.25) is 5.91 Å². The number of carbonyl (C=O) groups is 1. The van der Waals surface area contributed by atoms with Crippen molar-refractivity contribution in [1.82, 2.24) is 10.2 Å². The van der Waals surface area contributed by atoms with Gasteiger partial charge in [0.15, 0.2) is 0 Å².